The molecule has 0 radical (unpaired) electrons. The topological polar surface area (TPSA) is 40.5 Å². The summed E-state index contributed by atoms with van der Waals surface area (Å²) < 4.78 is 0. The summed E-state index contributed by atoms with van der Waals surface area (Å²) in [7, 11) is 0. The van der Waals surface area contributed by atoms with Crippen LogP contribution in [0.5, 0.6) is 0 Å². The largest absolute Gasteiger partial charge is 0.395 e. The number of rotatable bonds is 3. The molecule has 0 aliphatic carbocycles. The van der Waals surface area contributed by atoms with Gasteiger partial charge < -0.3 is 10.0 Å². The van der Waals surface area contributed by atoms with Gasteiger partial charge in [-0.1, -0.05) is 24.0 Å². The molecule has 1 aromatic carbocycles. The molecule has 3 heteroatoms. The van der Waals surface area contributed by atoms with Crippen molar-refractivity contribution in [1.29, 1.82) is 0 Å². The summed E-state index contributed by atoms with van der Waals surface area (Å²) in [5.74, 6) is 6.15. The Morgan fingerprint density at radius 2 is 2.11 bits per heavy atom. The van der Waals surface area contributed by atoms with Gasteiger partial charge in [0.25, 0.3) is 0 Å². The Labute approximate surface area is 114 Å². The number of benzene rings is 1. The molecular weight excluding hydrogens is 238 g/mol. The average Bonchev–Trinajstić information content (AvgIpc) is 2.85. The van der Waals surface area contributed by atoms with E-state index in [0.29, 0.717) is 12.8 Å². The molecular formula is C16H19NO2. The molecule has 0 spiro atoms. The maximum Gasteiger partial charge on any atom is 0.223 e. The second-order valence-corrected chi connectivity index (χ2v) is 4.76. The van der Waals surface area contributed by atoms with Gasteiger partial charge in [-0.15, -0.1) is 0 Å². The lowest BCUT2D eigenvalue weighted by Gasteiger charge is -2.24. The van der Waals surface area contributed by atoms with Gasteiger partial charge in [-0.05, 0) is 31.0 Å². The van der Waals surface area contributed by atoms with Crippen LogP contribution < -0.4 is 0 Å². The lowest BCUT2D eigenvalue weighted by atomic mass is 10.1. The van der Waals surface area contributed by atoms with Crippen LogP contribution >= 0.6 is 0 Å². The molecule has 1 fully saturated rings. The number of hydrogen-bond donors (Lipinski definition) is 1. The highest BCUT2D eigenvalue weighted by atomic mass is 16.2. The van der Waals surface area contributed by atoms with Gasteiger partial charge in [-0.2, -0.15) is 0 Å². The van der Waals surface area contributed by atoms with Gasteiger partial charge >= 0.3 is 0 Å². The third kappa shape index (κ3) is 3.36. The van der Waals surface area contributed by atoms with Crippen molar-refractivity contribution >= 4 is 5.91 Å². The van der Waals surface area contributed by atoms with E-state index in [-0.39, 0.29) is 18.6 Å². The third-order valence-electron chi connectivity index (χ3n) is 3.44. The number of carbonyl (C=O) groups is 1. The molecule has 1 aliphatic rings. The van der Waals surface area contributed by atoms with Crippen molar-refractivity contribution in [2.45, 2.75) is 32.2 Å². The van der Waals surface area contributed by atoms with Crippen LogP contribution in [0.4, 0.5) is 0 Å². The Morgan fingerprint density at radius 1 is 1.37 bits per heavy atom. The van der Waals surface area contributed by atoms with Crippen LogP contribution in [0.25, 0.3) is 0 Å². The number of carbonyl (C=O) groups excluding carboxylic acids is 1. The predicted octanol–water partition coefficient (Wildman–Crippen LogP) is 2.10. The van der Waals surface area contributed by atoms with E-state index in [1.54, 1.807) is 0 Å². The minimum atomic E-state index is 0.0964. The molecule has 1 N–H and O–H groups in total. The van der Waals surface area contributed by atoms with Crippen molar-refractivity contribution in [3.05, 3.63) is 35.4 Å². The predicted molar refractivity (Wildman–Crippen MR) is 74.4 cm³/mol. The zero-order valence-corrected chi connectivity index (χ0v) is 11.2. The van der Waals surface area contributed by atoms with E-state index in [0.717, 1.165) is 24.1 Å². The first kappa shape index (κ1) is 13.6. The molecule has 2 rings (SSSR count). The number of hydrogen-bond acceptors (Lipinski definition) is 2. The van der Waals surface area contributed by atoms with Gasteiger partial charge in [-0.3, -0.25) is 4.79 Å². The first-order valence-electron chi connectivity index (χ1n) is 6.71. The van der Waals surface area contributed by atoms with Crippen LogP contribution in [0.15, 0.2) is 24.3 Å². The lowest BCUT2D eigenvalue weighted by Crippen LogP contribution is -2.27. The molecule has 1 amide bonds. The summed E-state index contributed by atoms with van der Waals surface area (Å²) in [5.41, 5.74) is 2.08. The molecule has 0 saturated carbocycles. The number of aliphatic hydroxyl groups is 1. The highest BCUT2D eigenvalue weighted by molar-refractivity contribution is 5.78. The molecule has 1 saturated heterocycles. The fourth-order valence-corrected chi connectivity index (χ4v) is 2.32. The van der Waals surface area contributed by atoms with Crippen molar-refractivity contribution < 1.29 is 9.90 Å². The summed E-state index contributed by atoms with van der Waals surface area (Å²) in [5, 5.41) is 8.67. The fraction of sp³-hybridized carbons (Fsp3) is 0.438. The van der Waals surface area contributed by atoms with Crippen molar-refractivity contribution in [3.63, 3.8) is 0 Å². The molecule has 1 atom stereocenters. The first-order valence-corrected chi connectivity index (χ1v) is 6.71. The van der Waals surface area contributed by atoms with E-state index in [9.17, 15) is 4.79 Å². The zero-order valence-electron chi connectivity index (χ0n) is 11.2. The van der Waals surface area contributed by atoms with Crippen LogP contribution in [0.1, 0.15) is 43.4 Å². The summed E-state index contributed by atoms with van der Waals surface area (Å²) in [6, 6.07) is 8.13. The lowest BCUT2D eigenvalue weighted by molar-refractivity contribution is -0.129. The molecule has 1 heterocycles. The molecule has 0 aromatic heterocycles. The molecule has 1 unspecified atom stereocenters. The summed E-state index contributed by atoms with van der Waals surface area (Å²) in [4.78, 5) is 13.6. The van der Waals surface area contributed by atoms with Gasteiger partial charge in [-0.25, -0.2) is 0 Å². The minimum Gasteiger partial charge on any atom is -0.395 e. The monoisotopic (exact) mass is 257 g/mol. The van der Waals surface area contributed by atoms with Crippen LogP contribution in [-0.4, -0.2) is 29.1 Å². The molecule has 0 bridgehead atoms. The standard InChI is InChI=1S/C16H19NO2/c1-13(17-11-4-6-16(17)19)15-9-7-14(8-10-15)5-2-3-12-18/h7-10,13,18H,3-4,6,11-12H2,1H3. The highest BCUT2D eigenvalue weighted by Crippen LogP contribution is 2.25. The maximum absolute atomic E-state index is 11.7. The molecule has 100 valence electrons. The number of likely N-dealkylation sites (tertiary alicyclic amines) is 1. The number of amides is 1. The van der Waals surface area contributed by atoms with Gasteiger partial charge in [0.15, 0.2) is 0 Å². The summed E-state index contributed by atoms with van der Waals surface area (Å²) in [6.45, 7) is 3.02. The van der Waals surface area contributed by atoms with Crippen molar-refractivity contribution in [1.82, 2.24) is 4.90 Å². The minimum absolute atomic E-state index is 0.0964. The third-order valence-corrected chi connectivity index (χ3v) is 3.44. The Morgan fingerprint density at radius 3 is 2.68 bits per heavy atom. The average molecular weight is 257 g/mol. The molecule has 19 heavy (non-hydrogen) atoms. The van der Waals surface area contributed by atoms with Crippen LogP contribution in [0.3, 0.4) is 0 Å². The van der Waals surface area contributed by atoms with Gasteiger partial charge in [0.1, 0.15) is 0 Å². The first-order chi connectivity index (χ1) is 9.22. The van der Waals surface area contributed by atoms with Crippen molar-refractivity contribution in [2.75, 3.05) is 13.2 Å². The fourth-order valence-electron chi connectivity index (χ4n) is 2.32. The molecule has 3 nitrogen and oxygen atoms in total. The Hall–Kier alpha value is -1.79. The van der Waals surface area contributed by atoms with Crippen molar-refractivity contribution in [2.24, 2.45) is 0 Å². The molecule has 1 aliphatic heterocycles. The van der Waals surface area contributed by atoms with E-state index in [4.69, 9.17) is 5.11 Å². The SMILES string of the molecule is CC(c1ccc(C#CCCO)cc1)N1CCCC1=O. The summed E-state index contributed by atoms with van der Waals surface area (Å²) >= 11 is 0. The van der Waals surface area contributed by atoms with Gasteiger partial charge in [0, 0.05) is 24.9 Å². The highest BCUT2D eigenvalue weighted by Gasteiger charge is 2.25. The number of nitrogens with zero attached hydrogens (tertiary/aromatic N) is 1. The Bertz CT molecular complexity index is 496. The maximum atomic E-state index is 11.7. The summed E-state index contributed by atoms with van der Waals surface area (Å²) in [6.07, 6.45) is 2.14. The van der Waals surface area contributed by atoms with Crippen LogP contribution in [0, 0.1) is 11.8 Å². The quantitative estimate of drug-likeness (QED) is 0.842. The Balaban J connectivity index is 2.06. The van der Waals surface area contributed by atoms with Crippen molar-refractivity contribution in [3.8, 4) is 11.8 Å². The van der Waals surface area contributed by atoms with Crippen LogP contribution in [0.2, 0.25) is 0 Å². The van der Waals surface area contributed by atoms with Crippen LogP contribution in [-0.2, 0) is 4.79 Å². The van der Waals surface area contributed by atoms with E-state index >= 15 is 0 Å². The normalized spacial score (nSPS) is 16.1. The van der Waals surface area contributed by atoms with E-state index in [2.05, 4.69) is 18.8 Å². The number of aliphatic hydroxyl groups excluding tert-OH is 1. The van der Waals surface area contributed by atoms with E-state index in [1.807, 2.05) is 29.2 Å². The van der Waals surface area contributed by atoms with Gasteiger partial charge in [0.05, 0.1) is 12.6 Å². The zero-order chi connectivity index (χ0) is 13.7. The van der Waals surface area contributed by atoms with Gasteiger partial charge in [0.2, 0.25) is 5.91 Å². The Kier molecular flexibility index (Phi) is 4.59. The van der Waals surface area contributed by atoms with E-state index in [1.165, 1.54) is 0 Å². The smallest absolute Gasteiger partial charge is 0.223 e. The molecule has 1 aromatic rings. The second-order valence-electron chi connectivity index (χ2n) is 4.76. The second kappa shape index (κ2) is 6.40. The van der Waals surface area contributed by atoms with E-state index < -0.39 is 0 Å².